The van der Waals surface area contributed by atoms with Crippen molar-refractivity contribution in [3.63, 3.8) is 0 Å². The van der Waals surface area contributed by atoms with Gasteiger partial charge in [-0.05, 0) is 69.7 Å². The molecule has 0 spiro atoms. The number of halogens is 3. The minimum atomic E-state index is -0.952. The number of nitriles is 1. The van der Waals surface area contributed by atoms with E-state index in [0.29, 0.717) is 46.9 Å². The van der Waals surface area contributed by atoms with Crippen LogP contribution in [0.2, 0.25) is 0 Å². The van der Waals surface area contributed by atoms with Gasteiger partial charge in [0.15, 0.2) is 5.82 Å². The van der Waals surface area contributed by atoms with Gasteiger partial charge in [-0.25, -0.2) is 18.2 Å². The van der Waals surface area contributed by atoms with Gasteiger partial charge in [0.1, 0.15) is 59.2 Å². The first-order chi connectivity index (χ1) is 25.1. The van der Waals surface area contributed by atoms with Crippen LogP contribution < -0.4 is 25.8 Å². The first-order valence-electron chi connectivity index (χ1n) is 17.7. The Labute approximate surface area is 302 Å². The molecule has 14 heteroatoms. The number of alkyl halides is 1. The molecular weight excluding hydrogens is 690 g/mol. The molecule has 3 aliphatic heterocycles. The van der Waals surface area contributed by atoms with E-state index in [1.54, 1.807) is 13.1 Å². The zero-order valence-electron chi connectivity index (χ0n) is 28.8. The van der Waals surface area contributed by atoms with Crippen molar-refractivity contribution in [2.45, 2.75) is 69.7 Å². The molecule has 4 aliphatic rings. The number of aromatic nitrogens is 3. The van der Waals surface area contributed by atoms with Gasteiger partial charge in [-0.3, -0.25) is 4.90 Å². The summed E-state index contributed by atoms with van der Waals surface area (Å²) >= 11 is 0.950. The average molecular weight is 727 g/mol. The van der Waals surface area contributed by atoms with Crippen LogP contribution in [0.1, 0.15) is 61.8 Å². The highest BCUT2D eigenvalue weighted by atomic mass is 32.1. The Morgan fingerprint density at radius 2 is 2.02 bits per heavy atom. The van der Waals surface area contributed by atoms with Crippen molar-refractivity contribution in [1.29, 1.82) is 5.26 Å². The summed E-state index contributed by atoms with van der Waals surface area (Å²) in [4.78, 5) is 18.4. The zero-order valence-corrected chi connectivity index (χ0v) is 29.6. The Hall–Kier alpha value is -4.87. The molecule has 3 fully saturated rings. The molecule has 9 rings (SSSR count). The summed E-state index contributed by atoms with van der Waals surface area (Å²) in [6, 6.07) is 8.03. The van der Waals surface area contributed by atoms with Crippen LogP contribution in [0.3, 0.4) is 0 Å². The first-order valence-corrected chi connectivity index (χ1v) is 18.5. The monoisotopic (exact) mass is 726 g/mol. The van der Waals surface area contributed by atoms with E-state index in [1.165, 1.54) is 12.1 Å². The number of pyridine rings is 1. The lowest BCUT2D eigenvalue weighted by Crippen LogP contribution is -2.44. The number of anilines is 3. The molecule has 0 amide bonds. The maximum atomic E-state index is 17.6. The molecule has 2 unspecified atom stereocenters. The SMILES string of the molecule is Cc1c(-c2ccc(F)c3sc(N)c(C#N)c23)c(F)c2nc(OC[C@@]34CCCN3C[C@H](F)C4)nc3c2c1OCC(C1CC1)N3C(C)c1cccnc1N. The second-order valence-electron chi connectivity index (χ2n) is 14.6. The maximum Gasteiger partial charge on any atom is 0.319 e. The van der Waals surface area contributed by atoms with Crippen molar-refractivity contribution >= 4 is 49.0 Å². The van der Waals surface area contributed by atoms with Crippen LogP contribution in [0, 0.1) is 35.8 Å². The van der Waals surface area contributed by atoms with Crippen molar-refractivity contribution < 1.29 is 22.6 Å². The van der Waals surface area contributed by atoms with E-state index < -0.39 is 23.3 Å². The number of ether oxygens (including phenoxy) is 2. The highest BCUT2D eigenvalue weighted by Gasteiger charge is 2.50. The van der Waals surface area contributed by atoms with E-state index in [1.807, 2.05) is 19.1 Å². The van der Waals surface area contributed by atoms with Crippen LogP contribution >= 0.6 is 11.3 Å². The number of fused-ring (bicyclic) bond motifs is 2. The first kappa shape index (κ1) is 33.0. The number of thiophene rings is 1. The van der Waals surface area contributed by atoms with Crippen LogP contribution in [0.25, 0.3) is 32.1 Å². The second kappa shape index (κ2) is 12.1. The average Bonchev–Trinajstić information content (AvgIpc) is 3.75. The molecular formula is C38H37F3N8O2S. The molecule has 3 aromatic heterocycles. The summed E-state index contributed by atoms with van der Waals surface area (Å²) in [7, 11) is 0. The van der Waals surface area contributed by atoms with Gasteiger partial charge >= 0.3 is 6.01 Å². The minimum Gasteiger partial charge on any atom is -0.490 e. The predicted molar refractivity (Wildman–Crippen MR) is 194 cm³/mol. The number of hydrogen-bond acceptors (Lipinski definition) is 11. The molecule has 6 heterocycles. The lowest BCUT2D eigenvalue weighted by atomic mass is 9.92. The Morgan fingerprint density at radius 3 is 2.79 bits per heavy atom. The molecule has 2 aromatic carbocycles. The molecule has 5 aromatic rings. The fourth-order valence-electron chi connectivity index (χ4n) is 8.94. The molecule has 0 radical (unpaired) electrons. The van der Waals surface area contributed by atoms with Crippen molar-refractivity contribution in [2.24, 2.45) is 5.92 Å². The lowest BCUT2D eigenvalue weighted by molar-refractivity contribution is 0.107. The lowest BCUT2D eigenvalue weighted by Gasteiger charge is -2.37. The smallest absolute Gasteiger partial charge is 0.319 e. The summed E-state index contributed by atoms with van der Waals surface area (Å²) in [6.07, 6.45) is 4.72. The molecule has 268 valence electrons. The Bertz CT molecular complexity index is 2330. The standard InChI is InChI=1S/C38H37F3N8O2S/c1-18-27(23-8-9-25(40)33-28(23)24(14-42)35(44)52-33)30(41)31-29-32(18)50-16-26(20-6-7-20)49(19(2)22-5-3-11-45-34(22)43)36(29)47-37(46-31)51-17-38-10-4-12-48(38)15-21(39)13-38/h3,5,8-9,11,19-21,26H,4,6-7,10,12-13,15-17,44H2,1-2H3,(H2,43,45)/t19?,21-,26?,38+/m1/s1. The fraction of sp³-hybridized carbons (Fsp3) is 0.421. The van der Waals surface area contributed by atoms with Gasteiger partial charge in [-0.2, -0.15) is 15.2 Å². The Kier molecular flexibility index (Phi) is 7.68. The van der Waals surface area contributed by atoms with Crippen molar-refractivity contribution in [3.05, 3.63) is 58.8 Å². The van der Waals surface area contributed by atoms with Gasteiger partial charge in [0.05, 0.1) is 33.3 Å². The number of benzene rings is 2. The quantitative estimate of drug-likeness (QED) is 0.177. The second-order valence-corrected chi connectivity index (χ2v) is 15.6. The highest BCUT2D eigenvalue weighted by Crippen LogP contribution is 2.52. The van der Waals surface area contributed by atoms with Gasteiger partial charge in [-0.1, -0.05) is 12.1 Å². The van der Waals surface area contributed by atoms with E-state index >= 15 is 8.78 Å². The van der Waals surface area contributed by atoms with Crippen LogP contribution in [0.4, 0.5) is 29.8 Å². The van der Waals surface area contributed by atoms with Crippen molar-refractivity contribution in [3.8, 4) is 29.0 Å². The van der Waals surface area contributed by atoms with Gasteiger partial charge in [-0.15, -0.1) is 11.3 Å². The summed E-state index contributed by atoms with van der Waals surface area (Å²) in [5, 5.41) is 10.8. The maximum absolute atomic E-state index is 17.6. The van der Waals surface area contributed by atoms with E-state index in [-0.39, 0.29) is 69.0 Å². The summed E-state index contributed by atoms with van der Waals surface area (Å²) in [5.74, 6) is 0.233. The molecule has 0 bridgehead atoms. The Balaban J connectivity index is 1.29. The largest absolute Gasteiger partial charge is 0.490 e. The summed E-state index contributed by atoms with van der Waals surface area (Å²) in [6.45, 7) is 5.34. The third kappa shape index (κ3) is 4.96. The Morgan fingerprint density at radius 1 is 1.19 bits per heavy atom. The topological polar surface area (TPSA) is 139 Å². The third-order valence-corrected chi connectivity index (χ3v) is 12.6. The molecule has 2 saturated heterocycles. The van der Waals surface area contributed by atoms with Crippen LogP contribution in [0.15, 0.2) is 30.5 Å². The minimum absolute atomic E-state index is 0.0414. The molecule has 1 saturated carbocycles. The third-order valence-electron chi connectivity index (χ3n) is 11.6. The van der Waals surface area contributed by atoms with Crippen LogP contribution in [-0.2, 0) is 0 Å². The number of rotatable bonds is 7. The highest BCUT2D eigenvalue weighted by molar-refractivity contribution is 7.23. The molecule has 4 N–H and O–H groups in total. The predicted octanol–water partition coefficient (Wildman–Crippen LogP) is 7.22. The van der Waals surface area contributed by atoms with Gasteiger partial charge < -0.3 is 25.8 Å². The summed E-state index contributed by atoms with van der Waals surface area (Å²) in [5.41, 5.74) is 13.8. The number of nitrogens with two attached hydrogens (primary N) is 2. The van der Waals surface area contributed by atoms with Crippen molar-refractivity contribution in [1.82, 2.24) is 19.9 Å². The number of nitrogens with zero attached hydrogens (tertiary/aromatic N) is 6. The van der Waals surface area contributed by atoms with Gasteiger partial charge in [0.25, 0.3) is 0 Å². The van der Waals surface area contributed by atoms with E-state index in [0.717, 1.165) is 49.1 Å². The summed E-state index contributed by atoms with van der Waals surface area (Å²) < 4.78 is 60.8. The normalized spacial score (nSPS) is 23.4. The van der Waals surface area contributed by atoms with Gasteiger partial charge in [0.2, 0.25) is 0 Å². The van der Waals surface area contributed by atoms with Gasteiger partial charge in [0, 0.05) is 41.2 Å². The molecule has 10 nitrogen and oxygen atoms in total. The van der Waals surface area contributed by atoms with E-state index in [4.69, 9.17) is 30.9 Å². The van der Waals surface area contributed by atoms with Crippen LogP contribution in [-0.4, -0.2) is 63.9 Å². The fourth-order valence-corrected chi connectivity index (χ4v) is 9.89. The van der Waals surface area contributed by atoms with E-state index in [2.05, 4.69) is 20.9 Å². The van der Waals surface area contributed by atoms with E-state index in [9.17, 15) is 9.65 Å². The molecule has 52 heavy (non-hydrogen) atoms. The zero-order chi connectivity index (χ0) is 36.1. The van der Waals surface area contributed by atoms with Crippen LogP contribution in [0.5, 0.6) is 11.8 Å². The molecule has 4 atom stereocenters. The molecule has 1 aliphatic carbocycles. The number of nitrogen functional groups attached to an aromatic ring is 2. The van der Waals surface area contributed by atoms with Crippen molar-refractivity contribution in [2.75, 3.05) is 42.7 Å². The number of hydrogen-bond donors (Lipinski definition) is 2.